The smallest absolute Gasteiger partial charge is 0.337 e. The van der Waals surface area contributed by atoms with Gasteiger partial charge >= 0.3 is 5.97 Å². The summed E-state index contributed by atoms with van der Waals surface area (Å²) in [4.78, 5) is 11.1. The molecule has 17 heavy (non-hydrogen) atoms. The van der Waals surface area contributed by atoms with Crippen LogP contribution in [0.2, 0.25) is 10.0 Å². The Morgan fingerprint density at radius 3 is 2.53 bits per heavy atom. The third-order valence-electron chi connectivity index (χ3n) is 2.99. The minimum absolute atomic E-state index is 0.134. The standard InChI is InChI=1S/C12H13Cl2NO2/c13-7-5-9(12(16)17)11(10(14)6-7)15-8-3-1-2-4-8/h5-6,8,15H,1-4H2,(H,16,17). The zero-order chi connectivity index (χ0) is 12.4. The van der Waals surface area contributed by atoms with Crippen LogP contribution in [0.3, 0.4) is 0 Å². The van der Waals surface area contributed by atoms with Gasteiger partial charge in [-0.1, -0.05) is 36.0 Å². The molecule has 1 fully saturated rings. The van der Waals surface area contributed by atoms with Gasteiger partial charge < -0.3 is 10.4 Å². The molecule has 3 nitrogen and oxygen atoms in total. The zero-order valence-electron chi connectivity index (χ0n) is 9.17. The van der Waals surface area contributed by atoms with Crippen molar-refractivity contribution < 1.29 is 9.90 Å². The molecule has 2 rings (SSSR count). The van der Waals surface area contributed by atoms with Crippen LogP contribution >= 0.6 is 23.2 Å². The van der Waals surface area contributed by atoms with Crippen molar-refractivity contribution in [2.75, 3.05) is 5.32 Å². The van der Waals surface area contributed by atoms with E-state index in [1.807, 2.05) is 0 Å². The van der Waals surface area contributed by atoms with Gasteiger partial charge in [0.1, 0.15) is 0 Å². The fourth-order valence-electron chi connectivity index (χ4n) is 2.16. The van der Waals surface area contributed by atoms with Gasteiger partial charge in [-0.3, -0.25) is 0 Å². The molecule has 1 saturated carbocycles. The molecule has 0 unspecified atom stereocenters. The molecule has 0 saturated heterocycles. The lowest BCUT2D eigenvalue weighted by molar-refractivity contribution is 0.0698. The number of rotatable bonds is 3. The molecule has 0 spiro atoms. The van der Waals surface area contributed by atoms with E-state index in [2.05, 4.69) is 5.32 Å². The molecule has 1 aliphatic rings. The molecule has 2 N–H and O–H groups in total. The highest BCUT2D eigenvalue weighted by molar-refractivity contribution is 6.37. The van der Waals surface area contributed by atoms with E-state index in [0.29, 0.717) is 21.8 Å². The number of carbonyl (C=O) groups is 1. The lowest BCUT2D eigenvalue weighted by atomic mass is 10.1. The van der Waals surface area contributed by atoms with Gasteiger partial charge in [0.25, 0.3) is 0 Å². The fraction of sp³-hybridized carbons (Fsp3) is 0.417. The highest BCUT2D eigenvalue weighted by Crippen LogP contribution is 2.33. The SMILES string of the molecule is O=C(O)c1cc(Cl)cc(Cl)c1NC1CCCC1. The Balaban J connectivity index is 2.33. The predicted octanol–water partition coefficient (Wildman–Crippen LogP) is 4.05. The highest BCUT2D eigenvalue weighted by Gasteiger charge is 2.20. The van der Waals surface area contributed by atoms with E-state index in [-0.39, 0.29) is 5.56 Å². The minimum Gasteiger partial charge on any atom is -0.478 e. The summed E-state index contributed by atoms with van der Waals surface area (Å²) in [6.45, 7) is 0. The van der Waals surface area contributed by atoms with Crippen molar-refractivity contribution in [3.05, 3.63) is 27.7 Å². The van der Waals surface area contributed by atoms with E-state index >= 15 is 0 Å². The molecule has 1 aromatic carbocycles. The largest absolute Gasteiger partial charge is 0.478 e. The number of anilines is 1. The van der Waals surface area contributed by atoms with Crippen LogP contribution in [-0.4, -0.2) is 17.1 Å². The van der Waals surface area contributed by atoms with Gasteiger partial charge in [-0.05, 0) is 25.0 Å². The van der Waals surface area contributed by atoms with Crippen LogP contribution in [-0.2, 0) is 0 Å². The van der Waals surface area contributed by atoms with E-state index in [1.54, 1.807) is 6.07 Å². The van der Waals surface area contributed by atoms with E-state index in [9.17, 15) is 4.79 Å². The van der Waals surface area contributed by atoms with E-state index < -0.39 is 5.97 Å². The molecular weight excluding hydrogens is 261 g/mol. The Hall–Kier alpha value is -0.930. The van der Waals surface area contributed by atoms with Crippen molar-refractivity contribution in [1.29, 1.82) is 0 Å². The summed E-state index contributed by atoms with van der Waals surface area (Å²) in [5.74, 6) is -1.02. The van der Waals surface area contributed by atoms with Crippen LogP contribution in [0, 0.1) is 0 Å². The number of carboxylic acids is 1. The van der Waals surface area contributed by atoms with Gasteiger partial charge in [0.2, 0.25) is 0 Å². The first-order valence-corrected chi connectivity index (χ1v) is 6.32. The lowest BCUT2D eigenvalue weighted by Gasteiger charge is -2.17. The summed E-state index contributed by atoms with van der Waals surface area (Å²) in [7, 11) is 0. The first-order valence-electron chi connectivity index (χ1n) is 5.57. The Kier molecular flexibility index (Phi) is 3.79. The van der Waals surface area contributed by atoms with Crippen molar-refractivity contribution in [1.82, 2.24) is 0 Å². The van der Waals surface area contributed by atoms with Crippen molar-refractivity contribution >= 4 is 34.9 Å². The van der Waals surface area contributed by atoms with Crippen molar-refractivity contribution in [3.8, 4) is 0 Å². The molecular formula is C12H13Cl2NO2. The topological polar surface area (TPSA) is 49.3 Å². The van der Waals surface area contributed by atoms with E-state index in [4.69, 9.17) is 28.3 Å². The van der Waals surface area contributed by atoms with Crippen LogP contribution < -0.4 is 5.32 Å². The lowest BCUT2D eigenvalue weighted by Crippen LogP contribution is -2.17. The normalized spacial score (nSPS) is 16.1. The number of carboxylic acid groups (broad SMARTS) is 1. The molecule has 0 aliphatic heterocycles. The molecule has 5 heteroatoms. The quantitative estimate of drug-likeness (QED) is 0.874. The monoisotopic (exact) mass is 273 g/mol. The van der Waals surface area contributed by atoms with Crippen molar-refractivity contribution in [2.24, 2.45) is 0 Å². The second-order valence-corrected chi connectivity index (χ2v) is 5.08. The Morgan fingerprint density at radius 1 is 1.29 bits per heavy atom. The van der Waals surface area contributed by atoms with Crippen LogP contribution in [0.4, 0.5) is 5.69 Å². The summed E-state index contributed by atoms with van der Waals surface area (Å²) in [6, 6.07) is 3.30. The average molecular weight is 274 g/mol. The molecule has 0 bridgehead atoms. The summed E-state index contributed by atoms with van der Waals surface area (Å²) in [6.07, 6.45) is 4.45. The number of halogens is 2. The maximum atomic E-state index is 11.1. The molecule has 92 valence electrons. The van der Waals surface area contributed by atoms with Crippen LogP contribution in [0.15, 0.2) is 12.1 Å². The van der Waals surface area contributed by atoms with E-state index in [0.717, 1.165) is 12.8 Å². The molecule has 0 radical (unpaired) electrons. The number of nitrogens with one attached hydrogen (secondary N) is 1. The summed E-state index contributed by atoms with van der Waals surface area (Å²) in [5, 5.41) is 13.0. The highest BCUT2D eigenvalue weighted by atomic mass is 35.5. The molecule has 1 aliphatic carbocycles. The fourth-order valence-corrected chi connectivity index (χ4v) is 2.71. The summed E-state index contributed by atoms with van der Waals surface area (Å²) >= 11 is 11.9. The minimum atomic E-state index is -1.02. The molecule has 1 aromatic rings. The maximum absolute atomic E-state index is 11.1. The molecule has 0 aromatic heterocycles. The number of aromatic carboxylic acids is 1. The molecule has 0 atom stereocenters. The predicted molar refractivity (Wildman–Crippen MR) is 69.3 cm³/mol. The van der Waals surface area contributed by atoms with Crippen molar-refractivity contribution in [2.45, 2.75) is 31.7 Å². The second-order valence-electron chi connectivity index (χ2n) is 4.24. The Morgan fingerprint density at radius 2 is 1.94 bits per heavy atom. The van der Waals surface area contributed by atoms with E-state index in [1.165, 1.54) is 18.9 Å². The number of benzene rings is 1. The van der Waals surface area contributed by atoms with Gasteiger partial charge in [0.15, 0.2) is 0 Å². The third-order valence-corrected chi connectivity index (χ3v) is 3.51. The second kappa shape index (κ2) is 5.15. The van der Waals surface area contributed by atoms with Gasteiger partial charge in [-0.25, -0.2) is 4.79 Å². The Labute approximate surface area is 110 Å². The summed E-state index contributed by atoms with van der Waals surface area (Å²) < 4.78 is 0. The third kappa shape index (κ3) is 2.85. The first-order chi connectivity index (χ1) is 8.08. The molecule has 0 heterocycles. The van der Waals surface area contributed by atoms with Crippen molar-refractivity contribution in [3.63, 3.8) is 0 Å². The summed E-state index contributed by atoms with van der Waals surface area (Å²) in [5.41, 5.74) is 0.616. The van der Waals surface area contributed by atoms with Gasteiger partial charge in [0, 0.05) is 11.1 Å². The maximum Gasteiger partial charge on any atom is 0.337 e. The average Bonchev–Trinajstić information content (AvgIpc) is 2.74. The first kappa shape index (κ1) is 12.5. The van der Waals surface area contributed by atoms with Gasteiger partial charge in [-0.15, -0.1) is 0 Å². The van der Waals surface area contributed by atoms with Crippen LogP contribution in [0.25, 0.3) is 0 Å². The number of hydrogen-bond donors (Lipinski definition) is 2. The molecule has 0 amide bonds. The van der Waals surface area contributed by atoms with Crippen LogP contribution in [0.1, 0.15) is 36.0 Å². The van der Waals surface area contributed by atoms with Crippen LogP contribution in [0.5, 0.6) is 0 Å². The van der Waals surface area contributed by atoms with Gasteiger partial charge in [0.05, 0.1) is 16.3 Å². The van der Waals surface area contributed by atoms with Gasteiger partial charge in [-0.2, -0.15) is 0 Å². The number of hydrogen-bond acceptors (Lipinski definition) is 2. The Bertz CT molecular complexity index is 442. The zero-order valence-corrected chi connectivity index (χ0v) is 10.7.